The normalized spacial score (nSPS) is 21.7. The number of rotatable bonds is 5. The van der Waals surface area contributed by atoms with Crippen LogP contribution in [0, 0.1) is 11.6 Å². The molecule has 2 unspecified atom stereocenters. The first-order valence-electron chi connectivity index (χ1n) is 7.57. The fourth-order valence-electron chi connectivity index (χ4n) is 2.94. The van der Waals surface area contributed by atoms with Crippen molar-refractivity contribution in [2.75, 3.05) is 33.7 Å². The molecule has 118 valence electrons. The van der Waals surface area contributed by atoms with E-state index in [-0.39, 0.29) is 5.56 Å². The number of likely N-dealkylation sites (N-methyl/N-ethyl adjacent to an activating group) is 1. The number of nitrogens with zero attached hydrogens (tertiary/aromatic N) is 2. The lowest BCUT2D eigenvalue weighted by Gasteiger charge is -2.36. The zero-order chi connectivity index (χ0) is 15.4. The lowest BCUT2D eigenvalue weighted by atomic mass is 10.0. The van der Waals surface area contributed by atoms with Gasteiger partial charge in [0.1, 0.15) is 0 Å². The van der Waals surface area contributed by atoms with Crippen LogP contribution in [0.2, 0.25) is 0 Å². The highest BCUT2D eigenvalue weighted by atomic mass is 19.2. The Kier molecular flexibility index (Phi) is 5.67. The van der Waals surface area contributed by atoms with Crippen LogP contribution in [-0.4, -0.2) is 49.6 Å². The third-order valence-corrected chi connectivity index (χ3v) is 4.35. The van der Waals surface area contributed by atoms with E-state index in [4.69, 9.17) is 5.73 Å². The molecule has 0 spiro atoms. The first kappa shape index (κ1) is 16.3. The minimum absolute atomic E-state index is 0.274. The van der Waals surface area contributed by atoms with Crippen LogP contribution in [-0.2, 0) is 0 Å². The zero-order valence-electron chi connectivity index (χ0n) is 12.9. The third-order valence-electron chi connectivity index (χ3n) is 4.35. The van der Waals surface area contributed by atoms with Gasteiger partial charge in [0.05, 0.1) is 0 Å². The van der Waals surface area contributed by atoms with Crippen molar-refractivity contribution in [3.8, 4) is 0 Å². The summed E-state index contributed by atoms with van der Waals surface area (Å²) >= 11 is 0. The minimum atomic E-state index is -0.825. The molecule has 1 aliphatic rings. The van der Waals surface area contributed by atoms with Crippen LogP contribution < -0.4 is 5.73 Å². The van der Waals surface area contributed by atoms with Crippen LogP contribution in [0.5, 0.6) is 0 Å². The van der Waals surface area contributed by atoms with E-state index in [1.165, 1.54) is 18.9 Å². The fourth-order valence-corrected chi connectivity index (χ4v) is 2.94. The first-order chi connectivity index (χ1) is 9.99. The highest BCUT2D eigenvalue weighted by Gasteiger charge is 2.22. The molecule has 2 atom stereocenters. The van der Waals surface area contributed by atoms with Crippen molar-refractivity contribution >= 4 is 0 Å². The molecule has 0 amide bonds. The van der Waals surface area contributed by atoms with Crippen LogP contribution in [0.15, 0.2) is 18.2 Å². The summed E-state index contributed by atoms with van der Waals surface area (Å²) in [5.74, 6) is -1.64. The van der Waals surface area contributed by atoms with Gasteiger partial charge in [-0.15, -0.1) is 0 Å². The van der Waals surface area contributed by atoms with E-state index in [0.717, 1.165) is 25.7 Å². The summed E-state index contributed by atoms with van der Waals surface area (Å²) in [6.45, 7) is 2.90. The van der Waals surface area contributed by atoms with Crippen molar-refractivity contribution in [1.82, 2.24) is 9.80 Å². The molecule has 0 bridgehead atoms. The van der Waals surface area contributed by atoms with Crippen molar-refractivity contribution in [3.63, 3.8) is 0 Å². The molecule has 0 aliphatic carbocycles. The van der Waals surface area contributed by atoms with E-state index in [0.29, 0.717) is 12.5 Å². The Morgan fingerprint density at radius 1 is 1.38 bits per heavy atom. The maximum absolute atomic E-state index is 13.7. The molecule has 0 radical (unpaired) electrons. The molecule has 1 aromatic rings. The molecule has 21 heavy (non-hydrogen) atoms. The van der Waals surface area contributed by atoms with Crippen molar-refractivity contribution < 1.29 is 8.78 Å². The van der Waals surface area contributed by atoms with Gasteiger partial charge in [-0.05, 0) is 46.0 Å². The highest BCUT2D eigenvalue weighted by Crippen LogP contribution is 2.21. The van der Waals surface area contributed by atoms with Crippen LogP contribution in [0.25, 0.3) is 0 Å². The third kappa shape index (κ3) is 4.22. The molecule has 1 aliphatic heterocycles. The van der Waals surface area contributed by atoms with Gasteiger partial charge in [-0.3, -0.25) is 0 Å². The number of hydrogen-bond acceptors (Lipinski definition) is 3. The summed E-state index contributed by atoms with van der Waals surface area (Å²) < 4.78 is 26.9. The molecular weight excluding hydrogens is 272 g/mol. The van der Waals surface area contributed by atoms with Crippen molar-refractivity contribution in [2.45, 2.75) is 31.3 Å². The second kappa shape index (κ2) is 7.29. The lowest BCUT2D eigenvalue weighted by Crippen LogP contribution is -2.45. The van der Waals surface area contributed by atoms with Crippen molar-refractivity contribution in [1.29, 1.82) is 0 Å². The number of piperidine rings is 1. The Bertz CT molecular complexity index is 465. The monoisotopic (exact) mass is 297 g/mol. The number of likely N-dealkylation sites (tertiary alicyclic amines) is 1. The topological polar surface area (TPSA) is 32.5 Å². The molecule has 5 heteroatoms. The Balaban J connectivity index is 1.89. The van der Waals surface area contributed by atoms with Crippen LogP contribution in [0.1, 0.15) is 30.9 Å². The summed E-state index contributed by atoms with van der Waals surface area (Å²) in [6.07, 6.45) is 3.03. The van der Waals surface area contributed by atoms with E-state index < -0.39 is 17.7 Å². The van der Waals surface area contributed by atoms with E-state index in [9.17, 15) is 8.78 Å². The van der Waals surface area contributed by atoms with Gasteiger partial charge >= 0.3 is 0 Å². The van der Waals surface area contributed by atoms with Crippen LogP contribution in [0.3, 0.4) is 0 Å². The fraction of sp³-hybridized carbons (Fsp3) is 0.625. The van der Waals surface area contributed by atoms with E-state index in [1.54, 1.807) is 6.07 Å². The maximum atomic E-state index is 13.7. The quantitative estimate of drug-likeness (QED) is 0.906. The van der Waals surface area contributed by atoms with Gasteiger partial charge in [0.15, 0.2) is 11.6 Å². The summed E-state index contributed by atoms with van der Waals surface area (Å²) in [5.41, 5.74) is 6.31. The van der Waals surface area contributed by atoms with Crippen LogP contribution >= 0.6 is 0 Å². The Morgan fingerprint density at radius 2 is 2.14 bits per heavy atom. The molecule has 3 nitrogen and oxygen atoms in total. The number of halogens is 2. The van der Waals surface area contributed by atoms with Gasteiger partial charge in [0.25, 0.3) is 0 Å². The maximum Gasteiger partial charge on any atom is 0.163 e. The summed E-state index contributed by atoms with van der Waals surface area (Å²) in [6, 6.07) is 4.32. The van der Waals surface area contributed by atoms with E-state index in [1.807, 2.05) is 0 Å². The molecular formula is C16H25F2N3. The highest BCUT2D eigenvalue weighted by molar-refractivity contribution is 5.22. The predicted molar refractivity (Wildman–Crippen MR) is 81.1 cm³/mol. The minimum Gasteiger partial charge on any atom is -0.324 e. The molecule has 2 rings (SSSR count). The summed E-state index contributed by atoms with van der Waals surface area (Å²) in [7, 11) is 4.20. The molecule has 1 heterocycles. The SMILES string of the molecule is CN(C)C1CCCN(CCC(N)c2cccc(F)c2F)C1. The molecule has 1 saturated heterocycles. The van der Waals surface area contributed by atoms with Crippen LogP contribution in [0.4, 0.5) is 8.78 Å². The van der Waals surface area contributed by atoms with Gasteiger partial charge in [-0.2, -0.15) is 0 Å². The van der Waals surface area contributed by atoms with Gasteiger partial charge in [-0.25, -0.2) is 8.78 Å². The standard InChI is InChI=1S/C16H25F2N3/c1-20(2)12-5-4-9-21(11-12)10-8-15(19)13-6-3-7-14(17)16(13)18/h3,6-7,12,15H,4-5,8-11,19H2,1-2H3. The molecule has 0 saturated carbocycles. The lowest BCUT2D eigenvalue weighted by molar-refractivity contribution is 0.130. The Labute approximate surface area is 125 Å². The molecule has 1 aromatic carbocycles. The number of nitrogens with two attached hydrogens (primary N) is 1. The van der Waals surface area contributed by atoms with Gasteiger partial charge in [-0.1, -0.05) is 12.1 Å². The van der Waals surface area contributed by atoms with E-state index >= 15 is 0 Å². The second-order valence-corrected chi connectivity index (χ2v) is 6.10. The average Bonchev–Trinajstić information content (AvgIpc) is 2.48. The number of benzene rings is 1. The second-order valence-electron chi connectivity index (χ2n) is 6.10. The van der Waals surface area contributed by atoms with Gasteiger partial charge < -0.3 is 15.5 Å². The molecule has 1 fully saturated rings. The zero-order valence-corrected chi connectivity index (χ0v) is 12.9. The first-order valence-corrected chi connectivity index (χ1v) is 7.57. The van der Waals surface area contributed by atoms with Gasteiger partial charge in [0.2, 0.25) is 0 Å². The molecule has 0 aromatic heterocycles. The predicted octanol–water partition coefficient (Wildman–Crippen LogP) is 2.38. The Morgan fingerprint density at radius 3 is 2.86 bits per heavy atom. The van der Waals surface area contributed by atoms with E-state index in [2.05, 4.69) is 23.9 Å². The summed E-state index contributed by atoms with van der Waals surface area (Å²) in [5, 5.41) is 0. The average molecular weight is 297 g/mol. The van der Waals surface area contributed by atoms with Crippen molar-refractivity contribution in [3.05, 3.63) is 35.4 Å². The Hall–Kier alpha value is -1.04. The summed E-state index contributed by atoms with van der Waals surface area (Å²) in [4.78, 5) is 4.61. The van der Waals surface area contributed by atoms with Crippen molar-refractivity contribution in [2.24, 2.45) is 5.73 Å². The van der Waals surface area contributed by atoms with Gasteiger partial charge in [0, 0.05) is 30.7 Å². The smallest absolute Gasteiger partial charge is 0.163 e. The number of hydrogen-bond donors (Lipinski definition) is 1. The molecule has 2 N–H and O–H groups in total. The largest absolute Gasteiger partial charge is 0.324 e.